The van der Waals surface area contributed by atoms with Crippen LogP contribution in [0.25, 0.3) is 0 Å². The fourth-order valence-corrected chi connectivity index (χ4v) is 3.34. The van der Waals surface area contributed by atoms with E-state index in [0.717, 1.165) is 35.5 Å². The van der Waals surface area contributed by atoms with Crippen molar-refractivity contribution >= 4 is 34.5 Å². The van der Waals surface area contributed by atoms with Gasteiger partial charge in [-0.2, -0.15) is 0 Å². The van der Waals surface area contributed by atoms with Crippen LogP contribution in [0.1, 0.15) is 31.2 Å². The summed E-state index contributed by atoms with van der Waals surface area (Å²) in [7, 11) is 0. The topological polar surface area (TPSA) is 38.0 Å². The summed E-state index contributed by atoms with van der Waals surface area (Å²) in [6, 6.07) is 5.83. The Hall–Kier alpha value is -0.800. The lowest BCUT2D eigenvalue weighted by molar-refractivity contribution is 0.428. The van der Waals surface area contributed by atoms with E-state index in [4.69, 9.17) is 29.6 Å². The first-order valence-electron chi connectivity index (χ1n) is 6.98. The average Bonchev–Trinajstić information content (AvgIpc) is 3.23. The third kappa shape index (κ3) is 3.21. The Kier molecular flexibility index (Phi) is 3.68. The molecule has 1 aromatic rings. The van der Waals surface area contributed by atoms with Gasteiger partial charge in [-0.05, 0) is 61.6 Å². The van der Waals surface area contributed by atoms with Crippen LogP contribution in [0.3, 0.4) is 0 Å². The second-order valence-electron chi connectivity index (χ2n) is 5.78. The Morgan fingerprint density at radius 1 is 1.32 bits per heavy atom. The molecule has 0 heterocycles. The van der Waals surface area contributed by atoms with Gasteiger partial charge in [0.25, 0.3) is 0 Å². The van der Waals surface area contributed by atoms with Gasteiger partial charge in [0.15, 0.2) is 0 Å². The maximum absolute atomic E-state index is 6.18. The lowest BCUT2D eigenvalue weighted by Crippen LogP contribution is -2.18. The van der Waals surface area contributed by atoms with Crippen molar-refractivity contribution in [2.75, 3.05) is 11.9 Å². The fourth-order valence-electron chi connectivity index (χ4n) is 2.83. The predicted molar refractivity (Wildman–Crippen MR) is 84.8 cm³/mol. The SMILES string of the molecule is NC(=S)c1ccc(NCC(C2CC2)C2CC2)cc1Cl. The summed E-state index contributed by atoms with van der Waals surface area (Å²) >= 11 is 11.1. The minimum atomic E-state index is 0.352. The molecule has 102 valence electrons. The molecule has 4 heteroatoms. The summed E-state index contributed by atoms with van der Waals surface area (Å²) in [4.78, 5) is 0.352. The van der Waals surface area contributed by atoms with Crippen LogP contribution in [0.2, 0.25) is 5.02 Å². The van der Waals surface area contributed by atoms with E-state index in [1.807, 2.05) is 18.2 Å². The van der Waals surface area contributed by atoms with E-state index in [-0.39, 0.29) is 0 Å². The molecule has 0 amide bonds. The van der Waals surface area contributed by atoms with E-state index in [0.29, 0.717) is 10.0 Å². The molecule has 0 unspecified atom stereocenters. The van der Waals surface area contributed by atoms with Gasteiger partial charge < -0.3 is 11.1 Å². The molecule has 0 radical (unpaired) electrons. The molecule has 19 heavy (non-hydrogen) atoms. The summed E-state index contributed by atoms with van der Waals surface area (Å²) in [5.74, 6) is 2.78. The van der Waals surface area contributed by atoms with Gasteiger partial charge in [-0.1, -0.05) is 23.8 Å². The van der Waals surface area contributed by atoms with Crippen molar-refractivity contribution in [1.29, 1.82) is 0 Å². The van der Waals surface area contributed by atoms with E-state index in [1.165, 1.54) is 25.7 Å². The van der Waals surface area contributed by atoms with Crippen molar-refractivity contribution < 1.29 is 0 Å². The van der Waals surface area contributed by atoms with Crippen molar-refractivity contribution in [2.24, 2.45) is 23.5 Å². The van der Waals surface area contributed by atoms with E-state index < -0.39 is 0 Å². The minimum Gasteiger partial charge on any atom is -0.389 e. The monoisotopic (exact) mass is 294 g/mol. The highest BCUT2D eigenvalue weighted by Crippen LogP contribution is 2.49. The smallest absolute Gasteiger partial charge is 0.105 e. The van der Waals surface area contributed by atoms with Gasteiger partial charge in [0.1, 0.15) is 4.99 Å². The van der Waals surface area contributed by atoms with Crippen molar-refractivity contribution in [3.8, 4) is 0 Å². The molecule has 2 nitrogen and oxygen atoms in total. The number of nitrogens with one attached hydrogen (secondary N) is 1. The van der Waals surface area contributed by atoms with Gasteiger partial charge in [-0.15, -0.1) is 0 Å². The largest absolute Gasteiger partial charge is 0.389 e. The summed E-state index contributed by atoms with van der Waals surface area (Å²) in [5, 5.41) is 4.16. The van der Waals surface area contributed by atoms with Gasteiger partial charge in [0.05, 0.1) is 5.02 Å². The molecular weight excluding hydrogens is 276 g/mol. The number of halogens is 1. The van der Waals surface area contributed by atoms with E-state index in [2.05, 4.69) is 5.32 Å². The highest BCUT2D eigenvalue weighted by Gasteiger charge is 2.40. The summed E-state index contributed by atoms with van der Waals surface area (Å²) < 4.78 is 0. The predicted octanol–water partition coefficient (Wildman–Crippen LogP) is 3.82. The summed E-state index contributed by atoms with van der Waals surface area (Å²) in [6.45, 7) is 1.07. The Morgan fingerprint density at radius 3 is 2.42 bits per heavy atom. The lowest BCUT2D eigenvalue weighted by Gasteiger charge is -2.17. The molecule has 1 aromatic carbocycles. The molecular formula is C15H19ClN2S. The molecule has 0 aliphatic heterocycles. The quantitative estimate of drug-likeness (QED) is 0.783. The highest BCUT2D eigenvalue weighted by molar-refractivity contribution is 7.80. The van der Waals surface area contributed by atoms with Crippen LogP contribution in [0, 0.1) is 17.8 Å². The number of thiocarbonyl (C=S) groups is 1. The van der Waals surface area contributed by atoms with Crippen molar-refractivity contribution in [1.82, 2.24) is 0 Å². The second-order valence-corrected chi connectivity index (χ2v) is 6.63. The van der Waals surface area contributed by atoms with Crippen LogP contribution in [-0.4, -0.2) is 11.5 Å². The maximum Gasteiger partial charge on any atom is 0.105 e. The molecule has 3 N–H and O–H groups in total. The standard InChI is InChI=1S/C15H19ClN2S/c16-14-7-11(5-6-12(14)15(17)19)18-8-13(9-1-2-9)10-3-4-10/h5-7,9-10,13,18H,1-4,8H2,(H2,17,19). The molecule has 2 fully saturated rings. The van der Waals surface area contributed by atoms with Gasteiger partial charge in [-0.3, -0.25) is 0 Å². The van der Waals surface area contributed by atoms with Crippen molar-refractivity contribution in [2.45, 2.75) is 25.7 Å². The number of hydrogen-bond acceptors (Lipinski definition) is 2. The van der Waals surface area contributed by atoms with Crippen LogP contribution in [0.15, 0.2) is 18.2 Å². The van der Waals surface area contributed by atoms with Crippen LogP contribution in [0.4, 0.5) is 5.69 Å². The maximum atomic E-state index is 6.18. The molecule has 2 aliphatic carbocycles. The third-order valence-electron chi connectivity index (χ3n) is 4.23. The number of benzene rings is 1. The molecule has 2 saturated carbocycles. The minimum absolute atomic E-state index is 0.352. The van der Waals surface area contributed by atoms with E-state index in [1.54, 1.807) is 0 Å². The van der Waals surface area contributed by atoms with Crippen LogP contribution < -0.4 is 11.1 Å². The first-order valence-corrected chi connectivity index (χ1v) is 7.77. The number of hydrogen-bond donors (Lipinski definition) is 2. The summed E-state index contributed by atoms with van der Waals surface area (Å²) in [5.41, 5.74) is 7.43. The van der Waals surface area contributed by atoms with E-state index in [9.17, 15) is 0 Å². The molecule has 0 saturated heterocycles. The highest BCUT2D eigenvalue weighted by atomic mass is 35.5. The second kappa shape index (κ2) is 5.29. The number of nitrogens with two attached hydrogens (primary N) is 1. The van der Waals surface area contributed by atoms with Gasteiger partial charge in [0.2, 0.25) is 0 Å². The van der Waals surface area contributed by atoms with Gasteiger partial charge >= 0.3 is 0 Å². The molecule has 3 rings (SSSR count). The van der Waals surface area contributed by atoms with Crippen molar-refractivity contribution in [3.63, 3.8) is 0 Å². The Bertz CT molecular complexity index is 483. The van der Waals surface area contributed by atoms with Crippen molar-refractivity contribution in [3.05, 3.63) is 28.8 Å². The Balaban J connectivity index is 1.63. The van der Waals surface area contributed by atoms with Gasteiger partial charge in [-0.25, -0.2) is 0 Å². The lowest BCUT2D eigenvalue weighted by atomic mass is 9.98. The first kappa shape index (κ1) is 13.2. The summed E-state index contributed by atoms with van der Waals surface area (Å²) in [6.07, 6.45) is 5.68. The zero-order valence-corrected chi connectivity index (χ0v) is 12.4. The zero-order chi connectivity index (χ0) is 13.4. The first-order chi connectivity index (χ1) is 9.15. The zero-order valence-electron chi connectivity index (χ0n) is 10.9. The molecule has 0 atom stereocenters. The number of anilines is 1. The van der Waals surface area contributed by atoms with Gasteiger partial charge in [0, 0.05) is 17.8 Å². The Morgan fingerprint density at radius 2 is 1.95 bits per heavy atom. The molecule has 0 bridgehead atoms. The van der Waals surface area contributed by atoms with E-state index >= 15 is 0 Å². The molecule has 0 aromatic heterocycles. The molecule has 2 aliphatic rings. The normalized spacial score (nSPS) is 18.6. The van der Waals surface area contributed by atoms with Crippen LogP contribution in [-0.2, 0) is 0 Å². The van der Waals surface area contributed by atoms with Crippen LogP contribution >= 0.6 is 23.8 Å². The number of rotatable bonds is 6. The molecule has 0 spiro atoms. The average molecular weight is 295 g/mol. The fraction of sp³-hybridized carbons (Fsp3) is 0.533. The van der Waals surface area contributed by atoms with Crippen LogP contribution in [0.5, 0.6) is 0 Å². The Labute approximate surface area is 124 Å². The third-order valence-corrected chi connectivity index (χ3v) is 4.76.